The number of carbonyl (C=O) groups excluding carboxylic acids is 1. The first-order valence-corrected chi connectivity index (χ1v) is 10.5. The second-order valence-corrected chi connectivity index (χ2v) is 8.32. The number of pyridine rings is 1. The molecule has 1 amide bonds. The van der Waals surface area contributed by atoms with Crippen molar-refractivity contribution < 1.29 is 4.79 Å². The number of nitrogens with zero attached hydrogens (tertiary/aromatic N) is 3. The minimum Gasteiger partial charge on any atom is -0.312 e. The molecule has 0 aliphatic carbocycles. The third-order valence-electron chi connectivity index (χ3n) is 4.62. The summed E-state index contributed by atoms with van der Waals surface area (Å²) in [6.45, 7) is 5.09. The van der Waals surface area contributed by atoms with Gasteiger partial charge in [0, 0.05) is 30.1 Å². The van der Waals surface area contributed by atoms with Gasteiger partial charge in [0.15, 0.2) is 0 Å². The minimum atomic E-state index is 0.145. The predicted molar refractivity (Wildman–Crippen MR) is 110 cm³/mol. The van der Waals surface area contributed by atoms with Crippen molar-refractivity contribution in [1.82, 2.24) is 4.98 Å². The van der Waals surface area contributed by atoms with E-state index in [2.05, 4.69) is 31.0 Å². The van der Waals surface area contributed by atoms with E-state index >= 15 is 0 Å². The van der Waals surface area contributed by atoms with E-state index in [1.807, 2.05) is 35.2 Å². The van der Waals surface area contributed by atoms with Crippen LogP contribution in [-0.4, -0.2) is 23.2 Å². The second kappa shape index (κ2) is 9.05. The molecule has 1 aliphatic rings. The van der Waals surface area contributed by atoms with E-state index in [1.165, 1.54) is 17.3 Å². The Kier molecular flexibility index (Phi) is 6.52. The highest BCUT2D eigenvalue weighted by molar-refractivity contribution is 7.99. The first-order valence-electron chi connectivity index (χ1n) is 9.49. The molecule has 1 aromatic carbocycles. The maximum Gasteiger partial charge on any atom is 0.227 e. The largest absolute Gasteiger partial charge is 0.312 e. The minimum absolute atomic E-state index is 0.145. The van der Waals surface area contributed by atoms with Crippen LogP contribution in [-0.2, 0) is 17.6 Å². The molecule has 140 valence electrons. The Morgan fingerprint density at radius 3 is 2.89 bits per heavy atom. The van der Waals surface area contributed by atoms with E-state index in [0.29, 0.717) is 23.7 Å². The Hall–Kier alpha value is -2.32. The van der Waals surface area contributed by atoms with E-state index in [4.69, 9.17) is 0 Å². The smallest absolute Gasteiger partial charge is 0.227 e. The lowest BCUT2D eigenvalue weighted by Gasteiger charge is -2.29. The van der Waals surface area contributed by atoms with Crippen LogP contribution in [0.25, 0.3) is 0 Å². The summed E-state index contributed by atoms with van der Waals surface area (Å²) < 4.78 is 0. The van der Waals surface area contributed by atoms with Crippen molar-refractivity contribution in [2.45, 2.75) is 44.6 Å². The van der Waals surface area contributed by atoms with Crippen LogP contribution in [0, 0.1) is 17.2 Å². The summed E-state index contributed by atoms with van der Waals surface area (Å²) >= 11 is 1.51. The third-order valence-corrected chi connectivity index (χ3v) is 5.61. The zero-order valence-electron chi connectivity index (χ0n) is 15.9. The predicted octanol–water partition coefficient (Wildman–Crippen LogP) is 4.61. The molecule has 0 atom stereocenters. The number of anilines is 1. The Morgan fingerprint density at radius 2 is 2.11 bits per heavy atom. The standard InChI is InChI=1S/C22H25N3OS/c1-16(2)14-19-10-9-18(15-23)22(24-19)27-13-11-21(26)25-12-5-7-17-6-3-4-8-20(17)25/h3-4,6,8-10,16H,5,7,11-14H2,1-2H3. The molecular weight excluding hydrogens is 354 g/mol. The number of aryl methyl sites for hydroxylation is 1. The Balaban J connectivity index is 1.63. The van der Waals surface area contributed by atoms with Gasteiger partial charge >= 0.3 is 0 Å². The number of thioether (sulfide) groups is 1. The zero-order chi connectivity index (χ0) is 19.2. The molecule has 0 unspecified atom stereocenters. The molecule has 0 spiro atoms. The summed E-state index contributed by atoms with van der Waals surface area (Å²) in [5.74, 6) is 1.29. The molecule has 2 aromatic rings. The number of para-hydroxylation sites is 1. The number of aromatic nitrogens is 1. The van der Waals surface area contributed by atoms with Crippen LogP contribution in [0.2, 0.25) is 0 Å². The average molecular weight is 380 g/mol. The number of fused-ring (bicyclic) bond motifs is 1. The molecule has 5 heteroatoms. The van der Waals surface area contributed by atoms with Crippen molar-refractivity contribution in [2.24, 2.45) is 5.92 Å². The maximum atomic E-state index is 12.7. The van der Waals surface area contributed by atoms with Crippen molar-refractivity contribution in [1.29, 1.82) is 5.26 Å². The van der Waals surface area contributed by atoms with Crippen molar-refractivity contribution in [3.63, 3.8) is 0 Å². The van der Waals surface area contributed by atoms with Crippen LogP contribution in [0.5, 0.6) is 0 Å². The monoisotopic (exact) mass is 379 g/mol. The molecule has 27 heavy (non-hydrogen) atoms. The summed E-state index contributed by atoms with van der Waals surface area (Å²) in [6, 6.07) is 14.1. The third kappa shape index (κ3) is 4.90. The normalized spacial score (nSPS) is 13.3. The van der Waals surface area contributed by atoms with Gasteiger partial charge in [-0.15, -0.1) is 11.8 Å². The number of carbonyl (C=O) groups is 1. The fourth-order valence-corrected chi connectivity index (χ4v) is 4.29. The first-order chi connectivity index (χ1) is 13.1. The van der Waals surface area contributed by atoms with Gasteiger partial charge in [0.2, 0.25) is 5.91 Å². The van der Waals surface area contributed by atoms with Crippen LogP contribution >= 0.6 is 11.8 Å². The van der Waals surface area contributed by atoms with Gasteiger partial charge in [0.1, 0.15) is 11.1 Å². The van der Waals surface area contributed by atoms with Crippen molar-refractivity contribution in [3.05, 3.63) is 53.2 Å². The highest BCUT2D eigenvalue weighted by Gasteiger charge is 2.21. The van der Waals surface area contributed by atoms with E-state index in [9.17, 15) is 10.1 Å². The van der Waals surface area contributed by atoms with E-state index in [1.54, 1.807) is 0 Å². The van der Waals surface area contributed by atoms with Gasteiger partial charge in [-0.25, -0.2) is 4.98 Å². The van der Waals surface area contributed by atoms with E-state index in [-0.39, 0.29) is 5.91 Å². The Labute approximate surface area is 165 Å². The molecule has 1 aromatic heterocycles. The van der Waals surface area contributed by atoms with E-state index < -0.39 is 0 Å². The highest BCUT2D eigenvalue weighted by atomic mass is 32.2. The van der Waals surface area contributed by atoms with Gasteiger partial charge in [-0.1, -0.05) is 32.0 Å². The SMILES string of the molecule is CC(C)Cc1ccc(C#N)c(SCCC(=O)N2CCCc3ccccc32)n1. The maximum absolute atomic E-state index is 12.7. The van der Waals surface area contributed by atoms with Gasteiger partial charge in [-0.2, -0.15) is 5.26 Å². The van der Waals surface area contributed by atoms with Gasteiger partial charge < -0.3 is 4.90 Å². The molecule has 3 rings (SSSR count). The lowest BCUT2D eigenvalue weighted by atomic mass is 10.0. The van der Waals surface area contributed by atoms with Crippen LogP contribution in [0.4, 0.5) is 5.69 Å². The van der Waals surface area contributed by atoms with Gasteiger partial charge in [0.25, 0.3) is 0 Å². The molecule has 0 bridgehead atoms. The van der Waals surface area contributed by atoms with Crippen LogP contribution in [0.15, 0.2) is 41.4 Å². The van der Waals surface area contributed by atoms with Crippen molar-refractivity contribution in [3.8, 4) is 6.07 Å². The fraction of sp³-hybridized carbons (Fsp3) is 0.409. The Bertz CT molecular complexity index is 857. The fourth-order valence-electron chi connectivity index (χ4n) is 3.37. The Morgan fingerprint density at radius 1 is 1.30 bits per heavy atom. The highest BCUT2D eigenvalue weighted by Crippen LogP contribution is 2.28. The molecule has 1 aliphatic heterocycles. The molecule has 0 radical (unpaired) electrons. The van der Waals surface area contributed by atoms with Crippen molar-refractivity contribution >= 4 is 23.4 Å². The lowest BCUT2D eigenvalue weighted by molar-refractivity contribution is -0.118. The zero-order valence-corrected chi connectivity index (χ0v) is 16.8. The lowest BCUT2D eigenvalue weighted by Crippen LogP contribution is -2.35. The molecule has 2 heterocycles. The molecule has 4 nitrogen and oxygen atoms in total. The van der Waals surface area contributed by atoms with Crippen LogP contribution in [0.3, 0.4) is 0 Å². The van der Waals surface area contributed by atoms with Gasteiger partial charge in [0.05, 0.1) is 5.56 Å². The number of rotatable bonds is 6. The summed E-state index contributed by atoms with van der Waals surface area (Å²) in [7, 11) is 0. The first kappa shape index (κ1) is 19.4. The number of benzene rings is 1. The van der Waals surface area contributed by atoms with Crippen LogP contribution < -0.4 is 4.90 Å². The summed E-state index contributed by atoms with van der Waals surface area (Å²) in [6.07, 6.45) is 3.38. The van der Waals surface area contributed by atoms with Gasteiger partial charge in [-0.05, 0) is 48.9 Å². The number of hydrogen-bond donors (Lipinski definition) is 0. The number of amides is 1. The molecular formula is C22H25N3OS. The number of nitriles is 1. The quantitative estimate of drug-likeness (QED) is 0.688. The van der Waals surface area contributed by atoms with Crippen molar-refractivity contribution in [2.75, 3.05) is 17.2 Å². The van der Waals surface area contributed by atoms with Crippen LogP contribution in [0.1, 0.15) is 43.5 Å². The number of hydrogen-bond acceptors (Lipinski definition) is 4. The summed E-state index contributed by atoms with van der Waals surface area (Å²) in [4.78, 5) is 19.3. The molecule has 0 N–H and O–H groups in total. The molecule has 0 saturated heterocycles. The van der Waals surface area contributed by atoms with Gasteiger partial charge in [-0.3, -0.25) is 4.79 Å². The summed E-state index contributed by atoms with van der Waals surface area (Å²) in [5.41, 5.74) is 3.89. The average Bonchev–Trinajstić information content (AvgIpc) is 2.67. The topological polar surface area (TPSA) is 57.0 Å². The van der Waals surface area contributed by atoms with E-state index in [0.717, 1.165) is 42.2 Å². The molecule has 0 fully saturated rings. The molecule has 0 saturated carbocycles. The second-order valence-electron chi connectivity index (χ2n) is 7.24. The summed E-state index contributed by atoms with van der Waals surface area (Å²) in [5, 5.41) is 10.1.